The zero-order chi connectivity index (χ0) is 23.5. The van der Waals surface area contributed by atoms with Gasteiger partial charge >= 0.3 is 0 Å². The predicted molar refractivity (Wildman–Crippen MR) is 130 cm³/mol. The van der Waals surface area contributed by atoms with E-state index in [9.17, 15) is 9.18 Å². The summed E-state index contributed by atoms with van der Waals surface area (Å²) in [6.45, 7) is 3.36. The van der Waals surface area contributed by atoms with Gasteiger partial charge in [0.2, 0.25) is 5.95 Å². The Balaban J connectivity index is 1.52. The van der Waals surface area contributed by atoms with E-state index in [1.54, 1.807) is 36.2 Å². The molecule has 1 fully saturated rings. The average molecular weight is 464 g/mol. The molecule has 178 valence electrons. The van der Waals surface area contributed by atoms with Crippen LogP contribution in [0.4, 0.5) is 10.3 Å². The summed E-state index contributed by atoms with van der Waals surface area (Å²) in [7, 11) is 1.56. The molecule has 8 heteroatoms. The van der Waals surface area contributed by atoms with Crippen LogP contribution >= 0.6 is 0 Å². The molecule has 3 aromatic rings. The number of nitrogens with zero attached hydrogens (tertiary/aromatic N) is 4. The minimum absolute atomic E-state index is 0.0371. The van der Waals surface area contributed by atoms with Gasteiger partial charge in [-0.05, 0) is 68.5 Å². The van der Waals surface area contributed by atoms with Gasteiger partial charge in [-0.3, -0.25) is 14.3 Å². The summed E-state index contributed by atoms with van der Waals surface area (Å²) in [6, 6.07) is 10.3. The van der Waals surface area contributed by atoms with E-state index < -0.39 is 0 Å². The smallest absolute Gasteiger partial charge is 0.255 e. The van der Waals surface area contributed by atoms with Crippen LogP contribution < -0.4 is 20.5 Å². The highest BCUT2D eigenvalue weighted by molar-refractivity contribution is 5.60. The molecule has 0 aliphatic carbocycles. The van der Waals surface area contributed by atoms with Gasteiger partial charge in [-0.25, -0.2) is 9.37 Å². The number of rotatable bonds is 6. The molecule has 7 nitrogen and oxygen atoms in total. The molecule has 1 unspecified atom stereocenters. The third-order valence-electron chi connectivity index (χ3n) is 7.07. The van der Waals surface area contributed by atoms with Gasteiger partial charge in [-0.2, -0.15) is 0 Å². The Kier molecular flexibility index (Phi) is 6.58. The number of hydrogen-bond acceptors (Lipinski definition) is 6. The van der Waals surface area contributed by atoms with Gasteiger partial charge in [0.05, 0.1) is 12.8 Å². The summed E-state index contributed by atoms with van der Waals surface area (Å²) < 4.78 is 21.0. The van der Waals surface area contributed by atoms with E-state index in [1.807, 2.05) is 12.1 Å². The number of halogens is 1. The van der Waals surface area contributed by atoms with Crippen LogP contribution in [0.25, 0.3) is 11.3 Å². The highest BCUT2D eigenvalue weighted by Crippen LogP contribution is 2.33. The molecule has 0 amide bonds. The molecule has 0 saturated carbocycles. The third-order valence-corrected chi connectivity index (χ3v) is 7.07. The quantitative estimate of drug-likeness (QED) is 0.605. The van der Waals surface area contributed by atoms with Crippen LogP contribution in [0.1, 0.15) is 24.8 Å². The van der Waals surface area contributed by atoms with Gasteiger partial charge in [-0.15, -0.1) is 0 Å². The standard InChI is InChI=1S/C26H30FN5O2/c1-34-24-16-21(27)3-2-20(24)8-14-31-23(19-6-12-29-13-7-19)9-15-32-25(33)17-22(30-26(31)32)18-4-10-28-11-5-18/h2-5,10-11,16-17,19,23,29H,6-9,12-15H2,1H3. The molecular weight excluding hydrogens is 433 g/mol. The molecule has 2 aliphatic rings. The highest BCUT2D eigenvalue weighted by atomic mass is 19.1. The maximum absolute atomic E-state index is 13.7. The minimum atomic E-state index is -0.313. The molecule has 0 radical (unpaired) electrons. The summed E-state index contributed by atoms with van der Waals surface area (Å²) in [4.78, 5) is 24.5. The Morgan fingerprint density at radius 3 is 2.68 bits per heavy atom. The first kappa shape index (κ1) is 22.5. The van der Waals surface area contributed by atoms with Crippen molar-refractivity contribution in [2.45, 2.75) is 38.3 Å². The van der Waals surface area contributed by atoms with E-state index in [0.29, 0.717) is 42.9 Å². The first-order valence-corrected chi connectivity index (χ1v) is 12.0. The van der Waals surface area contributed by atoms with Crippen LogP contribution in [0.2, 0.25) is 0 Å². The van der Waals surface area contributed by atoms with Crippen molar-refractivity contribution in [2.75, 3.05) is 31.6 Å². The van der Waals surface area contributed by atoms with Crippen molar-refractivity contribution in [2.24, 2.45) is 5.92 Å². The Morgan fingerprint density at radius 2 is 1.91 bits per heavy atom. The van der Waals surface area contributed by atoms with Crippen LogP contribution in [0.3, 0.4) is 0 Å². The molecule has 2 aliphatic heterocycles. The predicted octanol–water partition coefficient (Wildman–Crippen LogP) is 3.27. The third kappa shape index (κ3) is 4.55. The number of ether oxygens (including phenoxy) is 1. The lowest BCUT2D eigenvalue weighted by Gasteiger charge is -2.43. The lowest BCUT2D eigenvalue weighted by Crippen LogP contribution is -2.51. The summed E-state index contributed by atoms with van der Waals surface area (Å²) in [5, 5.41) is 3.46. The van der Waals surface area contributed by atoms with Crippen LogP contribution in [-0.4, -0.2) is 47.3 Å². The van der Waals surface area contributed by atoms with Crippen molar-refractivity contribution in [1.29, 1.82) is 0 Å². The monoisotopic (exact) mass is 463 g/mol. The highest BCUT2D eigenvalue weighted by Gasteiger charge is 2.34. The van der Waals surface area contributed by atoms with Crippen molar-refractivity contribution >= 4 is 5.95 Å². The van der Waals surface area contributed by atoms with Crippen molar-refractivity contribution < 1.29 is 9.13 Å². The number of fused-ring (bicyclic) bond motifs is 1. The summed E-state index contributed by atoms with van der Waals surface area (Å²) in [5.74, 6) is 1.49. The fourth-order valence-electron chi connectivity index (χ4n) is 5.31. The number of pyridine rings is 1. The van der Waals surface area contributed by atoms with Gasteiger partial charge < -0.3 is 15.0 Å². The number of anilines is 1. The van der Waals surface area contributed by atoms with Gasteiger partial charge in [0.25, 0.3) is 5.56 Å². The second-order valence-electron chi connectivity index (χ2n) is 9.01. The van der Waals surface area contributed by atoms with E-state index in [4.69, 9.17) is 9.72 Å². The maximum atomic E-state index is 13.7. The molecule has 1 saturated heterocycles. The molecule has 1 atom stereocenters. The van der Waals surface area contributed by atoms with E-state index in [2.05, 4.69) is 15.2 Å². The average Bonchev–Trinajstić information content (AvgIpc) is 2.88. The number of piperidine rings is 1. The van der Waals surface area contributed by atoms with Crippen LogP contribution in [-0.2, 0) is 13.0 Å². The van der Waals surface area contributed by atoms with E-state index in [1.165, 1.54) is 12.1 Å². The van der Waals surface area contributed by atoms with Crippen molar-refractivity contribution in [3.8, 4) is 17.0 Å². The minimum Gasteiger partial charge on any atom is -0.496 e. The van der Waals surface area contributed by atoms with Crippen LogP contribution in [0.15, 0.2) is 53.6 Å². The Hall–Kier alpha value is -3.26. The number of nitrogens with one attached hydrogen (secondary N) is 1. The molecular formula is C26H30FN5O2. The Morgan fingerprint density at radius 1 is 1.12 bits per heavy atom. The maximum Gasteiger partial charge on any atom is 0.255 e. The fourth-order valence-corrected chi connectivity index (χ4v) is 5.31. The van der Waals surface area contributed by atoms with E-state index in [-0.39, 0.29) is 11.4 Å². The molecule has 1 N–H and O–H groups in total. The molecule has 4 heterocycles. The fraction of sp³-hybridized carbons (Fsp3) is 0.423. The van der Waals surface area contributed by atoms with Crippen molar-refractivity contribution in [3.63, 3.8) is 0 Å². The van der Waals surface area contributed by atoms with Gasteiger partial charge in [-0.1, -0.05) is 6.07 Å². The molecule has 0 bridgehead atoms. The normalized spacial score (nSPS) is 18.5. The first-order valence-electron chi connectivity index (χ1n) is 12.0. The zero-order valence-electron chi connectivity index (χ0n) is 19.4. The van der Waals surface area contributed by atoms with Crippen LogP contribution in [0.5, 0.6) is 5.75 Å². The van der Waals surface area contributed by atoms with Gasteiger partial charge in [0.15, 0.2) is 0 Å². The zero-order valence-corrected chi connectivity index (χ0v) is 19.4. The summed E-state index contributed by atoms with van der Waals surface area (Å²) in [6.07, 6.45) is 7.22. The van der Waals surface area contributed by atoms with Crippen molar-refractivity contribution in [3.05, 3.63) is 70.5 Å². The lowest BCUT2D eigenvalue weighted by atomic mass is 9.86. The molecule has 2 aromatic heterocycles. The van der Waals surface area contributed by atoms with Crippen molar-refractivity contribution in [1.82, 2.24) is 19.9 Å². The molecule has 5 rings (SSSR count). The largest absolute Gasteiger partial charge is 0.496 e. The summed E-state index contributed by atoms with van der Waals surface area (Å²) in [5.41, 5.74) is 2.44. The number of methoxy groups -OCH3 is 1. The molecule has 1 aromatic carbocycles. The second-order valence-corrected chi connectivity index (χ2v) is 9.01. The number of aromatic nitrogens is 3. The summed E-state index contributed by atoms with van der Waals surface area (Å²) >= 11 is 0. The SMILES string of the molecule is COc1cc(F)ccc1CCN1c2nc(-c3ccncc3)cc(=O)n2CCC1C1CCNCC1. The van der Waals surface area contributed by atoms with Gasteiger partial charge in [0.1, 0.15) is 11.6 Å². The molecule has 34 heavy (non-hydrogen) atoms. The number of benzene rings is 1. The first-order chi connectivity index (χ1) is 16.6. The Labute approximate surface area is 198 Å². The van der Waals surface area contributed by atoms with Crippen LogP contribution in [0, 0.1) is 11.7 Å². The topological polar surface area (TPSA) is 72.3 Å². The van der Waals surface area contributed by atoms with E-state index in [0.717, 1.165) is 49.4 Å². The second kappa shape index (κ2) is 9.93. The Bertz CT molecular complexity index is 1190. The number of hydrogen-bond donors (Lipinski definition) is 1. The van der Waals surface area contributed by atoms with E-state index >= 15 is 0 Å². The van der Waals surface area contributed by atoms with Gasteiger partial charge in [0, 0.05) is 49.2 Å². The lowest BCUT2D eigenvalue weighted by molar-refractivity contribution is 0.268. The molecule has 0 spiro atoms.